The summed E-state index contributed by atoms with van der Waals surface area (Å²) < 4.78 is 60.3. The molecule has 0 unspecified atom stereocenters. The Hall–Kier alpha value is -1.12. The van der Waals surface area contributed by atoms with E-state index in [0.29, 0.717) is 6.07 Å². The van der Waals surface area contributed by atoms with E-state index in [9.17, 15) is 21.6 Å². The van der Waals surface area contributed by atoms with Crippen LogP contribution in [-0.4, -0.2) is 19.6 Å². The van der Waals surface area contributed by atoms with Crippen molar-refractivity contribution in [3.8, 4) is 0 Å². The number of hydrogen-bond donors (Lipinski definition) is 2. The van der Waals surface area contributed by atoms with Gasteiger partial charge in [0.1, 0.15) is 0 Å². The Morgan fingerprint density at radius 3 is 2.33 bits per heavy atom. The molecule has 0 saturated heterocycles. The zero-order valence-corrected chi connectivity index (χ0v) is 10.2. The zero-order valence-electron chi connectivity index (χ0n) is 9.40. The van der Waals surface area contributed by atoms with Crippen LogP contribution in [0.1, 0.15) is 18.1 Å². The maximum absolute atomic E-state index is 12.7. The second kappa shape index (κ2) is 4.87. The molecule has 0 saturated carbocycles. The quantitative estimate of drug-likeness (QED) is 0.876. The Labute approximate surface area is 102 Å². The minimum atomic E-state index is -4.70. The average molecular weight is 283 g/mol. The van der Waals surface area contributed by atoms with Gasteiger partial charge in [-0.25, -0.2) is 13.6 Å². The number of rotatable bonds is 3. The van der Waals surface area contributed by atoms with Crippen LogP contribution in [0.3, 0.4) is 0 Å². The molecule has 0 heterocycles. The van der Waals surface area contributed by atoms with Gasteiger partial charge >= 0.3 is 6.18 Å². The molecule has 0 bridgehead atoms. The van der Waals surface area contributed by atoms with Crippen LogP contribution in [0.4, 0.5) is 13.2 Å². The molecule has 0 aliphatic rings. The third-order valence-electron chi connectivity index (χ3n) is 2.23. The summed E-state index contributed by atoms with van der Waals surface area (Å²) in [5.74, 6) is 0. The first-order chi connectivity index (χ1) is 8.01. The fourth-order valence-electron chi connectivity index (χ4n) is 1.49. The first-order valence-corrected chi connectivity index (χ1v) is 6.47. The summed E-state index contributed by atoms with van der Waals surface area (Å²) in [5, 5.41) is 13.9. The molecule has 0 aliphatic carbocycles. The Bertz CT molecular complexity index is 538. The molecule has 102 valence electrons. The van der Waals surface area contributed by atoms with Gasteiger partial charge in [0.2, 0.25) is 10.0 Å². The van der Waals surface area contributed by atoms with Crippen molar-refractivity contribution < 1.29 is 26.7 Å². The Morgan fingerprint density at radius 1 is 1.39 bits per heavy atom. The lowest BCUT2D eigenvalue weighted by molar-refractivity contribution is -0.138. The van der Waals surface area contributed by atoms with E-state index >= 15 is 0 Å². The highest BCUT2D eigenvalue weighted by Gasteiger charge is 2.34. The largest absolute Gasteiger partial charge is 0.416 e. The van der Waals surface area contributed by atoms with Crippen LogP contribution in [0.25, 0.3) is 0 Å². The number of aliphatic hydroxyl groups is 1. The summed E-state index contributed by atoms with van der Waals surface area (Å²) in [5.41, 5.74) is -1.28. The van der Waals surface area contributed by atoms with Gasteiger partial charge in [0.25, 0.3) is 0 Å². The molecule has 3 N–H and O–H groups in total. The van der Waals surface area contributed by atoms with Gasteiger partial charge in [-0.2, -0.15) is 13.2 Å². The highest BCUT2D eigenvalue weighted by molar-refractivity contribution is 7.89. The van der Waals surface area contributed by atoms with Crippen molar-refractivity contribution in [2.45, 2.75) is 30.5 Å². The van der Waals surface area contributed by atoms with Gasteiger partial charge in [-0.3, -0.25) is 0 Å². The molecule has 4 nitrogen and oxygen atoms in total. The second-order valence-corrected chi connectivity index (χ2v) is 5.48. The number of primary sulfonamides is 1. The molecule has 0 spiro atoms. The van der Waals surface area contributed by atoms with Gasteiger partial charge in [-0.15, -0.1) is 0 Å². The monoisotopic (exact) mass is 283 g/mol. The predicted molar refractivity (Wildman–Crippen MR) is 58.2 cm³/mol. The lowest BCUT2D eigenvalue weighted by Crippen LogP contribution is -2.17. The smallest absolute Gasteiger partial charge is 0.393 e. The van der Waals surface area contributed by atoms with Gasteiger partial charge in [0, 0.05) is 0 Å². The lowest BCUT2D eigenvalue weighted by atomic mass is 10.0. The molecular weight excluding hydrogens is 271 g/mol. The Balaban J connectivity index is 3.39. The number of hydrogen-bond acceptors (Lipinski definition) is 3. The number of nitrogens with two attached hydrogens (primary N) is 1. The third kappa shape index (κ3) is 3.69. The van der Waals surface area contributed by atoms with E-state index in [0.717, 1.165) is 12.1 Å². The summed E-state index contributed by atoms with van der Waals surface area (Å²) in [6, 6.07) is 2.48. The second-order valence-electron chi connectivity index (χ2n) is 3.91. The fraction of sp³-hybridized carbons (Fsp3) is 0.400. The van der Waals surface area contributed by atoms with Crippen molar-refractivity contribution >= 4 is 10.0 Å². The van der Waals surface area contributed by atoms with Gasteiger partial charge < -0.3 is 5.11 Å². The molecule has 0 amide bonds. The van der Waals surface area contributed by atoms with Gasteiger partial charge in [0.05, 0.1) is 16.6 Å². The van der Waals surface area contributed by atoms with Gasteiger partial charge in [0.15, 0.2) is 0 Å². The van der Waals surface area contributed by atoms with E-state index in [4.69, 9.17) is 10.2 Å². The molecule has 0 aliphatic heterocycles. The standard InChI is InChI=1S/C10H12F3NO3S/c1-6(15)4-7-2-3-8(18(14,16)17)5-9(7)10(11,12)13/h2-3,5-6,15H,4H2,1H3,(H2,14,16,17)/t6-/m0/s1. The van der Waals surface area contributed by atoms with Gasteiger partial charge in [-0.1, -0.05) is 6.07 Å². The minimum absolute atomic E-state index is 0.176. The van der Waals surface area contributed by atoms with Crippen LogP contribution in [0, 0.1) is 0 Å². The van der Waals surface area contributed by atoms with E-state index in [1.165, 1.54) is 6.92 Å². The molecule has 1 atom stereocenters. The predicted octanol–water partition coefficient (Wildman–Crippen LogP) is 1.28. The van der Waals surface area contributed by atoms with Crippen molar-refractivity contribution in [1.29, 1.82) is 0 Å². The maximum atomic E-state index is 12.7. The number of sulfonamides is 1. The summed E-state index contributed by atoms with van der Waals surface area (Å²) >= 11 is 0. The van der Waals surface area contributed by atoms with Crippen molar-refractivity contribution in [3.05, 3.63) is 29.3 Å². The molecule has 1 aromatic carbocycles. The molecule has 1 aromatic rings. The molecule has 1 rings (SSSR count). The van der Waals surface area contributed by atoms with Crippen molar-refractivity contribution in [3.63, 3.8) is 0 Å². The molecular formula is C10H12F3NO3S. The highest BCUT2D eigenvalue weighted by Crippen LogP contribution is 2.34. The highest BCUT2D eigenvalue weighted by atomic mass is 32.2. The normalized spacial score (nSPS) is 14.6. The fourth-order valence-corrected chi connectivity index (χ4v) is 2.03. The first kappa shape index (κ1) is 14.9. The van der Waals surface area contributed by atoms with Crippen LogP contribution in [0.2, 0.25) is 0 Å². The first-order valence-electron chi connectivity index (χ1n) is 4.93. The van der Waals surface area contributed by atoms with Crippen LogP contribution in [0.15, 0.2) is 23.1 Å². The summed E-state index contributed by atoms with van der Waals surface area (Å²) in [7, 11) is -4.19. The van der Waals surface area contributed by atoms with E-state index in [1.807, 2.05) is 0 Å². The van der Waals surface area contributed by atoms with E-state index < -0.39 is 32.8 Å². The Morgan fingerprint density at radius 2 is 1.94 bits per heavy atom. The molecule has 18 heavy (non-hydrogen) atoms. The zero-order chi connectivity index (χ0) is 14.1. The maximum Gasteiger partial charge on any atom is 0.416 e. The van der Waals surface area contributed by atoms with Crippen LogP contribution in [-0.2, 0) is 22.6 Å². The van der Waals surface area contributed by atoms with Crippen LogP contribution in [0.5, 0.6) is 0 Å². The van der Waals surface area contributed by atoms with Gasteiger partial charge in [-0.05, 0) is 31.0 Å². The van der Waals surface area contributed by atoms with E-state index in [-0.39, 0.29) is 12.0 Å². The van der Waals surface area contributed by atoms with E-state index in [1.54, 1.807) is 0 Å². The topological polar surface area (TPSA) is 80.4 Å². The molecule has 0 radical (unpaired) electrons. The summed E-state index contributed by atoms with van der Waals surface area (Å²) in [6.45, 7) is 1.34. The van der Waals surface area contributed by atoms with Crippen LogP contribution >= 0.6 is 0 Å². The number of alkyl halides is 3. The number of halogens is 3. The lowest BCUT2D eigenvalue weighted by Gasteiger charge is -2.15. The summed E-state index contributed by atoms with van der Waals surface area (Å²) in [4.78, 5) is -0.607. The molecule has 8 heteroatoms. The molecule has 0 aromatic heterocycles. The van der Waals surface area contributed by atoms with E-state index in [2.05, 4.69) is 0 Å². The van der Waals surface area contributed by atoms with Crippen molar-refractivity contribution in [1.82, 2.24) is 0 Å². The Kier molecular flexibility index (Phi) is 4.04. The summed E-state index contributed by atoms with van der Waals surface area (Å²) in [6.07, 6.45) is -5.89. The molecule has 0 fully saturated rings. The number of aliphatic hydroxyl groups excluding tert-OH is 1. The average Bonchev–Trinajstić information content (AvgIpc) is 2.13. The van der Waals surface area contributed by atoms with Crippen molar-refractivity contribution in [2.75, 3.05) is 0 Å². The minimum Gasteiger partial charge on any atom is -0.393 e. The SMILES string of the molecule is C[C@H](O)Cc1ccc(S(N)(=O)=O)cc1C(F)(F)F. The third-order valence-corrected chi connectivity index (χ3v) is 3.14. The van der Waals surface area contributed by atoms with Crippen molar-refractivity contribution in [2.24, 2.45) is 5.14 Å². The number of benzene rings is 1. The van der Waals surface area contributed by atoms with Crippen LogP contribution < -0.4 is 5.14 Å².